The van der Waals surface area contributed by atoms with Gasteiger partial charge in [0.05, 0.1) is 22.2 Å². The molecule has 1 aromatic heterocycles. The van der Waals surface area contributed by atoms with Crippen molar-refractivity contribution < 1.29 is 14.1 Å². The second-order valence-electron chi connectivity index (χ2n) is 3.49. The van der Waals surface area contributed by atoms with Crippen molar-refractivity contribution in [2.75, 3.05) is 0 Å². The smallest absolute Gasteiger partial charge is 0.339 e. The highest BCUT2D eigenvalue weighted by molar-refractivity contribution is 7.84. The first-order chi connectivity index (χ1) is 8.68. The predicted octanol–water partition coefficient (Wildman–Crippen LogP) is 1.48. The Labute approximate surface area is 106 Å². The lowest BCUT2D eigenvalue weighted by molar-refractivity contribution is 0.0695. The Bertz CT molecular complexity index is 587. The average Bonchev–Trinajstić information content (AvgIpc) is 2.40. The Morgan fingerprint density at radius 2 is 2.00 bits per heavy atom. The minimum atomic E-state index is -1.31. The van der Waals surface area contributed by atoms with E-state index in [-0.39, 0.29) is 17.0 Å². The summed E-state index contributed by atoms with van der Waals surface area (Å²) >= 11 is 0. The zero-order chi connectivity index (χ0) is 13.0. The molecule has 2 aromatic rings. The summed E-state index contributed by atoms with van der Waals surface area (Å²) in [6.07, 6.45) is 2.47. The maximum atomic E-state index is 12.0. The third-order valence-electron chi connectivity index (χ3n) is 2.30. The molecule has 0 bridgehead atoms. The van der Waals surface area contributed by atoms with Crippen LogP contribution in [0.5, 0.6) is 0 Å². The number of carboxylic acid groups (broad SMARTS) is 1. The van der Waals surface area contributed by atoms with E-state index in [0.29, 0.717) is 4.90 Å². The van der Waals surface area contributed by atoms with Gasteiger partial charge in [0, 0.05) is 11.1 Å². The third-order valence-corrected chi connectivity index (χ3v) is 3.63. The summed E-state index contributed by atoms with van der Waals surface area (Å²) in [4.78, 5) is 19.1. The lowest BCUT2D eigenvalue weighted by Gasteiger charge is -2.04. The summed E-state index contributed by atoms with van der Waals surface area (Å²) < 4.78 is 12.0. The Balaban J connectivity index is 2.25. The van der Waals surface area contributed by atoms with Gasteiger partial charge in [-0.2, -0.15) is 0 Å². The number of carbonyl (C=O) groups is 1. The molecule has 1 heterocycles. The van der Waals surface area contributed by atoms with Crippen LogP contribution in [0.3, 0.4) is 0 Å². The van der Waals surface area contributed by atoms with Crippen LogP contribution in [0.4, 0.5) is 0 Å². The van der Waals surface area contributed by atoms with E-state index in [4.69, 9.17) is 5.11 Å². The standard InChI is InChI=1S/C12H10N2O3S/c15-12(16)10-6-13-8-14-11(10)7-18(17)9-4-2-1-3-5-9/h1-6,8H,7H2,(H,15,16). The maximum absolute atomic E-state index is 12.0. The molecule has 1 N–H and O–H groups in total. The Morgan fingerprint density at radius 3 is 2.67 bits per heavy atom. The van der Waals surface area contributed by atoms with Gasteiger partial charge in [0.15, 0.2) is 0 Å². The first-order valence-electron chi connectivity index (χ1n) is 5.14. The van der Waals surface area contributed by atoms with Crippen molar-refractivity contribution in [1.29, 1.82) is 0 Å². The molecular formula is C12H10N2O3S. The van der Waals surface area contributed by atoms with Gasteiger partial charge in [0.2, 0.25) is 0 Å². The molecule has 1 aromatic carbocycles. The van der Waals surface area contributed by atoms with E-state index in [0.717, 1.165) is 0 Å². The first-order valence-corrected chi connectivity index (χ1v) is 6.46. The van der Waals surface area contributed by atoms with Crippen molar-refractivity contribution >= 4 is 16.8 Å². The summed E-state index contributed by atoms with van der Waals surface area (Å²) in [5, 5.41) is 8.97. The highest BCUT2D eigenvalue weighted by Gasteiger charge is 2.14. The lowest BCUT2D eigenvalue weighted by Crippen LogP contribution is -2.08. The summed E-state index contributed by atoms with van der Waals surface area (Å²) in [6, 6.07) is 8.86. The second kappa shape index (κ2) is 5.50. The van der Waals surface area contributed by atoms with E-state index < -0.39 is 16.8 Å². The van der Waals surface area contributed by atoms with Gasteiger partial charge in [0.25, 0.3) is 0 Å². The van der Waals surface area contributed by atoms with E-state index in [1.165, 1.54) is 12.5 Å². The molecule has 0 saturated carbocycles. The van der Waals surface area contributed by atoms with Crippen LogP contribution in [-0.2, 0) is 16.6 Å². The third kappa shape index (κ3) is 2.78. The molecule has 92 valence electrons. The molecule has 0 fully saturated rings. The fourth-order valence-electron chi connectivity index (χ4n) is 1.43. The van der Waals surface area contributed by atoms with Crippen LogP contribution >= 0.6 is 0 Å². The van der Waals surface area contributed by atoms with Crippen molar-refractivity contribution in [2.45, 2.75) is 10.6 Å². The van der Waals surface area contributed by atoms with E-state index in [1.54, 1.807) is 24.3 Å². The maximum Gasteiger partial charge on any atom is 0.339 e. The van der Waals surface area contributed by atoms with Crippen LogP contribution in [0.2, 0.25) is 0 Å². The number of hydrogen-bond acceptors (Lipinski definition) is 4. The Kier molecular flexibility index (Phi) is 3.78. The summed E-state index contributed by atoms with van der Waals surface area (Å²) in [6.45, 7) is 0. The van der Waals surface area contributed by atoms with Gasteiger partial charge in [0.1, 0.15) is 11.9 Å². The van der Waals surface area contributed by atoms with Gasteiger partial charge in [-0.3, -0.25) is 4.21 Å². The molecule has 0 spiro atoms. The molecule has 0 aliphatic carbocycles. The van der Waals surface area contributed by atoms with Crippen LogP contribution in [0.15, 0.2) is 47.8 Å². The molecule has 6 heteroatoms. The van der Waals surface area contributed by atoms with Crippen molar-refractivity contribution in [3.05, 3.63) is 54.1 Å². The SMILES string of the molecule is O=C(O)c1cncnc1CS(=O)c1ccccc1. The molecule has 1 unspecified atom stereocenters. The molecule has 2 rings (SSSR count). The number of carboxylic acids is 1. The normalized spacial score (nSPS) is 12.0. The average molecular weight is 262 g/mol. The quantitative estimate of drug-likeness (QED) is 0.902. The summed E-state index contributed by atoms with van der Waals surface area (Å²) in [5.74, 6) is -1.05. The monoisotopic (exact) mass is 262 g/mol. The zero-order valence-corrected chi connectivity index (χ0v) is 10.1. The van der Waals surface area contributed by atoms with Crippen LogP contribution in [0, 0.1) is 0 Å². The molecule has 1 atom stereocenters. The molecule has 0 aliphatic heterocycles. The van der Waals surface area contributed by atoms with Crippen molar-refractivity contribution in [2.24, 2.45) is 0 Å². The van der Waals surface area contributed by atoms with Gasteiger partial charge >= 0.3 is 5.97 Å². The van der Waals surface area contributed by atoms with E-state index in [2.05, 4.69) is 9.97 Å². The van der Waals surface area contributed by atoms with Gasteiger partial charge in [-0.15, -0.1) is 0 Å². The second-order valence-corrected chi connectivity index (χ2v) is 4.94. The summed E-state index contributed by atoms with van der Waals surface area (Å²) in [5.41, 5.74) is 0.265. The fraction of sp³-hybridized carbons (Fsp3) is 0.0833. The van der Waals surface area contributed by atoms with E-state index >= 15 is 0 Å². The topological polar surface area (TPSA) is 80.2 Å². The molecular weight excluding hydrogens is 252 g/mol. The number of benzene rings is 1. The Morgan fingerprint density at radius 1 is 1.28 bits per heavy atom. The minimum absolute atomic E-state index is 0.0122. The van der Waals surface area contributed by atoms with Crippen LogP contribution in [0.25, 0.3) is 0 Å². The number of hydrogen-bond donors (Lipinski definition) is 1. The van der Waals surface area contributed by atoms with Crippen molar-refractivity contribution in [1.82, 2.24) is 9.97 Å². The molecule has 0 aliphatic rings. The highest BCUT2D eigenvalue weighted by Crippen LogP contribution is 2.13. The van der Waals surface area contributed by atoms with Crippen LogP contribution in [-0.4, -0.2) is 25.3 Å². The van der Waals surface area contributed by atoms with E-state index in [1.807, 2.05) is 6.07 Å². The van der Waals surface area contributed by atoms with Gasteiger partial charge in [-0.1, -0.05) is 18.2 Å². The molecule has 18 heavy (non-hydrogen) atoms. The number of rotatable bonds is 4. The molecule has 0 radical (unpaired) electrons. The number of aromatic carboxylic acids is 1. The zero-order valence-electron chi connectivity index (χ0n) is 9.31. The first kappa shape index (κ1) is 12.4. The molecule has 0 amide bonds. The van der Waals surface area contributed by atoms with Gasteiger partial charge < -0.3 is 5.11 Å². The lowest BCUT2D eigenvalue weighted by atomic mass is 10.2. The van der Waals surface area contributed by atoms with Gasteiger partial charge in [-0.25, -0.2) is 14.8 Å². The largest absolute Gasteiger partial charge is 0.478 e. The number of aromatic nitrogens is 2. The molecule has 0 saturated heterocycles. The van der Waals surface area contributed by atoms with Gasteiger partial charge in [-0.05, 0) is 12.1 Å². The fourth-order valence-corrected chi connectivity index (χ4v) is 2.53. The van der Waals surface area contributed by atoms with Crippen molar-refractivity contribution in [3.63, 3.8) is 0 Å². The molecule has 5 nitrogen and oxygen atoms in total. The van der Waals surface area contributed by atoms with Crippen LogP contribution in [0.1, 0.15) is 16.1 Å². The highest BCUT2D eigenvalue weighted by atomic mass is 32.2. The Hall–Kier alpha value is -2.08. The van der Waals surface area contributed by atoms with Crippen LogP contribution < -0.4 is 0 Å². The summed E-state index contributed by atoms with van der Waals surface area (Å²) in [7, 11) is -1.31. The van der Waals surface area contributed by atoms with E-state index in [9.17, 15) is 9.00 Å². The minimum Gasteiger partial charge on any atom is -0.478 e. The van der Waals surface area contributed by atoms with Crippen molar-refractivity contribution in [3.8, 4) is 0 Å². The number of nitrogens with zero attached hydrogens (tertiary/aromatic N) is 2. The predicted molar refractivity (Wildman–Crippen MR) is 65.5 cm³/mol.